The number of hydrogen-bond donors (Lipinski definition) is 1. The maximum atomic E-state index is 13.4. The molecule has 0 aliphatic carbocycles. The third-order valence-corrected chi connectivity index (χ3v) is 3.66. The average molecular weight is 265 g/mol. The van der Waals surface area contributed by atoms with Crippen molar-refractivity contribution in [1.29, 1.82) is 0 Å². The molecule has 0 spiro atoms. The second-order valence-electron chi connectivity index (χ2n) is 5.69. The van der Waals surface area contributed by atoms with Crippen LogP contribution in [0.15, 0.2) is 24.3 Å². The Morgan fingerprint density at radius 3 is 2.89 bits per heavy atom. The van der Waals surface area contributed by atoms with E-state index in [1.54, 1.807) is 12.1 Å². The fourth-order valence-electron chi connectivity index (χ4n) is 2.64. The summed E-state index contributed by atoms with van der Waals surface area (Å²) in [5.74, 6) is -0.161. The fraction of sp³-hybridized carbons (Fsp3) is 0.600. The van der Waals surface area contributed by atoms with Gasteiger partial charge in [-0.2, -0.15) is 0 Å². The van der Waals surface area contributed by atoms with E-state index >= 15 is 0 Å². The minimum Gasteiger partial charge on any atom is -0.366 e. The third-order valence-electron chi connectivity index (χ3n) is 3.66. The average Bonchev–Trinajstić information content (AvgIpc) is 2.52. The van der Waals surface area contributed by atoms with E-state index in [0.717, 1.165) is 31.7 Å². The molecule has 1 fully saturated rings. The van der Waals surface area contributed by atoms with E-state index in [4.69, 9.17) is 0 Å². The Morgan fingerprint density at radius 2 is 2.21 bits per heavy atom. The Kier molecular flexibility index (Phi) is 4.77. The first-order valence-corrected chi connectivity index (χ1v) is 6.96. The molecule has 1 aliphatic rings. The summed E-state index contributed by atoms with van der Waals surface area (Å²) in [6.45, 7) is 5.09. The van der Waals surface area contributed by atoms with Crippen molar-refractivity contribution in [2.45, 2.75) is 25.4 Å². The maximum absolute atomic E-state index is 13.4. The van der Waals surface area contributed by atoms with Crippen LogP contribution in [0.25, 0.3) is 0 Å². The van der Waals surface area contributed by atoms with Crippen LogP contribution in [-0.2, 0) is 0 Å². The first kappa shape index (κ1) is 14.3. The molecule has 1 saturated heterocycles. The molecule has 2 atom stereocenters. The molecule has 0 bridgehead atoms. The van der Waals surface area contributed by atoms with Crippen LogP contribution in [0.4, 0.5) is 10.1 Å². The van der Waals surface area contributed by atoms with E-state index < -0.39 is 0 Å². The first-order valence-electron chi connectivity index (χ1n) is 6.96. The Bertz CT molecular complexity index is 408. The topological polar surface area (TPSA) is 18.5 Å². The molecule has 2 unspecified atom stereocenters. The largest absolute Gasteiger partial charge is 0.366 e. The van der Waals surface area contributed by atoms with Crippen LogP contribution >= 0.6 is 0 Å². The molecular formula is C15H24FN3. The van der Waals surface area contributed by atoms with Gasteiger partial charge in [-0.3, -0.25) is 0 Å². The molecule has 1 aromatic rings. The molecule has 19 heavy (non-hydrogen) atoms. The van der Waals surface area contributed by atoms with Gasteiger partial charge in [-0.05, 0) is 45.6 Å². The Balaban J connectivity index is 2.21. The highest BCUT2D eigenvalue weighted by atomic mass is 19.1. The molecule has 106 valence electrons. The number of benzene rings is 1. The number of rotatable bonds is 3. The summed E-state index contributed by atoms with van der Waals surface area (Å²) < 4.78 is 13.4. The molecule has 1 aromatic carbocycles. The fourth-order valence-corrected chi connectivity index (χ4v) is 2.64. The van der Waals surface area contributed by atoms with Crippen LogP contribution in [-0.4, -0.2) is 50.7 Å². The molecule has 0 radical (unpaired) electrons. The van der Waals surface area contributed by atoms with Gasteiger partial charge in [0, 0.05) is 31.4 Å². The minimum atomic E-state index is -0.161. The number of nitrogens with zero attached hydrogens (tertiary/aromatic N) is 2. The maximum Gasteiger partial charge on any atom is 0.125 e. The van der Waals surface area contributed by atoms with Gasteiger partial charge in [-0.25, -0.2) is 4.39 Å². The van der Waals surface area contributed by atoms with E-state index in [-0.39, 0.29) is 5.82 Å². The number of anilines is 1. The van der Waals surface area contributed by atoms with Crippen molar-refractivity contribution < 1.29 is 4.39 Å². The number of halogens is 1. The zero-order chi connectivity index (χ0) is 13.8. The number of hydrogen-bond acceptors (Lipinski definition) is 3. The highest BCUT2D eigenvalue weighted by molar-refractivity contribution is 5.48. The number of likely N-dealkylation sites (N-methyl/N-ethyl adjacent to an activating group) is 1. The van der Waals surface area contributed by atoms with Gasteiger partial charge in [-0.15, -0.1) is 0 Å². The molecule has 0 saturated carbocycles. The van der Waals surface area contributed by atoms with Gasteiger partial charge >= 0.3 is 0 Å². The quantitative estimate of drug-likeness (QED) is 0.901. The van der Waals surface area contributed by atoms with E-state index in [2.05, 4.69) is 36.1 Å². The van der Waals surface area contributed by atoms with Crippen LogP contribution in [0, 0.1) is 5.82 Å². The SMILES string of the molecule is CC1CCN(c2cccc(F)c2)C(CN(C)C)CN1. The Labute approximate surface area is 115 Å². The van der Waals surface area contributed by atoms with Gasteiger partial charge in [0.2, 0.25) is 0 Å². The highest BCUT2D eigenvalue weighted by Gasteiger charge is 2.24. The van der Waals surface area contributed by atoms with Crippen molar-refractivity contribution in [3.8, 4) is 0 Å². The van der Waals surface area contributed by atoms with Gasteiger partial charge in [-0.1, -0.05) is 6.07 Å². The standard InChI is InChI=1S/C15H24FN3/c1-12-7-8-19(14-6-4-5-13(16)9-14)15(10-17-12)11-18(2)3/h4-6,9,12,15,17H,7-8,10-11H2,1-3H3. The van der Waals surface area contributed by atoms with Crippen LogP contribution in [0.1, 0.15) is 13.3 Å². The van der Waals surface area contributed by atoms with E-state index in [1.807, 2.05) is 6.07 Å². The smallest absolute Gasteiger partial charge is 0.125 e. The molecule has 2 rings (SSSR count). The monoisotopic (exact) mass is 265 g/mol. The summed E-state index contributed by atoms with van der Waals surface area (Å²) in [7, 11) is 4.16. The normalized spacial score (nSPS) is 24.6. The van der Waals surface area contributed by atoms with Crippen molar-refractivity contribution >= 4 is 5.69 Å². The lowest BCUT2D eigenvalue weighted by Crippen LogP contribution is -2.46. The minimum absolute atomic E-state index is 0.161. The van der Waals surface area contributed by atoms with E-state index in [1.165, 1.54) is 6.07 Å². The summed E-state index contributed by atoms with van der Waals surface area (Å²) >= 11 is 0. The predicted octanol–water partition coefficient (Wildman–Crippen LogP) is 1.94. The zero-order valence-corrected chi connectivity index (χ0v) is 12.1. The van der Waals surface area contributed by atoms with Crippen molar-refractivity contribution in [2.75, 3.05) is 38.6 Å². The molecule has 1 N–H and O–H groups in total. The second kappa shape index (κ2) is 6.35. The lowest BCUT2D eigenvalue weighted by atomic mass is 10.2. The Hall–Kier alpha value is -1.13. The molecule has 3 nitrogen and oxygen atoms in total. The van der Waals surface area contributed by atoms with Gasteiger partial charge in [0.15, 0.2) is 0 Å². The lowest BCUT2D eigenvalue weighted by molar-refractivity contribution is 0.359. The Morgan fingerprint density at radius 1 is 1.42 bits per heavy atom. The summed E-state index contributed by atoms with van der Waals surface area (Å²) in [6, 6.07) is 7.83. The van der Waals surface area contributed by atoms with Gasteiger partial charge in [0.1, 0.15) is 5.82 Å². The molecule has 1 aliphatic heterocycles. The van der Waals surface area contributed by atoms with Gasteiger partial charge in [0.05, 0.1) is 6.04 Å². The summed E-state index contributed by atoms with van der Waals surface area (Å²) in [4.78, 5) is 4.52. The number of nitrogens with one attached hydrogen (secondary N) is 1. The highest BCUT2D eigenvalue weighted by Crippen LogP contribution is 2.21. The van der Waals surface area contributed by atoms with Crippen molar-refractivity contribution in [2.24, 2.45) is 0 Å². The summed E-state index contributed by atoms with van der Waals surface area (Å²) in [6.07, 6.45) is 1.08. The van der Waals surface area contributed by atoms with Crippen LogP contribution in [0.3, 0.4) is 0 Å². The van der Waals surface area contributed by atoms with Gasteiger partial charge in [0.25, 0.3) is 0 Å². The van der Waals surface area contributed by atoms with Crippen molar-refractivity contribution in [3.05, 3.63) is 30.1 Å². The third kappa shape index (κ3) is 3.91. The molecule has 0 aromatic heterocycles. The van der Waals surface area contributed by atoms with Crippen LogP contribution < -0.4 is 10.2 Å². The van der Waals surface area contributed by atoms with E-state index in [9.17, 15) is 4.39 Å². The molecule has 0 amide bonds. The summed E-state index contributed by atoms with van der Waals surface area (Å²) in [5.41, 5.74) is 0.989. The predicted molar refractivity (Wildman–Crippen MR) is 78.2 cm³/mol. The van der Waals surface area contributed by atoms with Crippen LogP contribution in [0.2, 0.25) is 0 Å². The zero-order valence-electron chi connectivity index (χ0n) is 12.1. The first-order chi connectivity index (χ1) is 9.06. The summed E-state index contributed by atoms with van der Waals surface area (Å²) in [5, 5.41) is 3.55. The lowest BCUT2D eigenvalue weighted by Gasteiger charge is -2.33. The van der Waals surface area contributed by atoms with E-state index in [0.29, 0.717) is 12.1 Å². The molecular weight excluding hydrogens is 241 g/mol. The van der Waals surface area contributed by atoms with Crippen molar-refractivity contribution in [3.63, 3.8) is 0 Å². The second-order valence-corrected chi connectivity index (χ2v) is 5.69. The molecule has 4 heteroatoms. The molecule has 1 heterocycles. The van der Waals surface area contributed by atoms with Crippen molar-refractivity contribution in [1.82, 2.24) is 10.2 Å². The van der Waals surface area contributed by atoms with Gasteiger partial charge < -0.3 is 15.1 Å². The van der Waals surface area contributed by atoms with Crippen LogP contribution in [0.5, 0.6) is 0 Å².